The highest BCUT2D eigenvalue weighted by molar-refractivity contribution is 6.30. The van der Waals surface area contributed by atoms with Gasteiger partial charge in [-0.2, -0.15) is 5.10 Å². The maximum atomic E-state index is 5.93. The van der Waals surface area contributed by atoms with E-state index in [-0.39, 0.29) is 0 Å². The number of hydrogen-bond acceptors (Lipinski definition) is 2. The first kappa shape index (κ1) is 14.6. The first-order valence-electron chi connectivity index (χ1n) is 7.64. The number of nitrogens with one attached hydrogen (secondary N) is 1. The molecule has 0 aliphatic heterocycles. The van der Waals surface area contributed by atoms with Gasteiger partial charge in [0.1, 0.15) is 0 Å². The Balaban J connectivity index is 1.68. The van der Waals surface area contributed by atoms with Gasteiger partial charge in [0.2, 0.25) is 0 Å². The Morgan fingerprint density at radius 1 is 1.24 bits per heavy atom. The van der Waals surface area contributed by atoms with Crippen LogP contribution in [0.25, 0.3) is 0 Å². The van der Waals surface area contributed by atoms with E-state index in [1.54, 1.807) is 0 Å². The first-order valence-corrected chi connectivity index (χ1v) is 8.02. The Bertz CT molecular complexity index is 612. The van der Waals surface area contributed by atoms with Gasteiger partial charge in [0, 0.05) is 16.8 Å². The van der Waals surface area contributed by atoms with Gasteiger partial charge in [0.05, 0.1) is 12.2 Å². The molecule has 0 atom stereocenters. The Morgan fingerprint density at radius 3 is 2.62 bits per heavy atom. The number of rotatable bonds is 6. The van der Waals surface area contributed by atoms with Crippen LogP contribution in [0.4, 0.5) is 0 Å². The lowest BCUT2D eigenvalue weighted by molar-refractivity contribution is 0.654. The molecule has 0 spiro atoms. The van der Waals surface area contributed by atoms with Crippen LogP contribution < -0.4 is 5.32 Å². The quantitative estimate of drug-likeness (QED) is 0.885. The zero-order valence-electron chi connectivity index (χ0n) is 12.7. The first-order chi connectivity index (χ1) is 10.1. The summed E-state index contributed by atoms with van der Waals surface area (Å²) >= 11 is 5.93. The summed E-state index contributed by atoms with van der Waals surface area (Å²) in [7, 11) is 0. The lowest BCUT2D eigenvalue weighted by Gasteiger charge is -2.07. The van der Waals surface area contributed by atoms with Crippen molar-refractivity contribution in [1.29, 1.82) is 0 Å². The van der Waals surface area contributed by atoms with Crippen LogP contribution >= 0.6 is 11.6 Å². The fraction of sp³-hybridized carbons (Fsp3) is 0.471. The van der Waals surface area contributed by atoms with E-state index in [0.717, 1.165) is 36.3 Å². The normalized spacial score (nSPS) is 14.6. The largest absolute Gasteiger partial charge is 0.314 e. The van der Waals surface area contributed by atoms with Crippen LogP contribution in [0.5, 0.6) is 0 Å². The van der Waals surface area contributed by atoms with Gasteiger partial charge in [0.25, 0.3) is 0 Å². The molecular formula is C17H22ClN3. The molecule has 112 valence electrons. The molecule has 0 bridgehead atoms. The average Bonchev–Trinajstić information content (AvgIpc) is 3.24. The Kier molecular flexibility index (Phi) is 4.32. The summed E-state index contributed by atoms with van der Waals surface area (Å²) < 4.78 is 2.10. The topological polar surface area (TPSA) is 29.9 Å². The van der Waals surface area contributed by atoms with Crippen molar-refractivity contribution in [2.45, 2.75) is 45.7 Å². The van der Waals surface area contributed by atoms with E-state index in [9.17, 15) is 0 Å². The molecule has 0 radical (unpaired) electrons. The molecule has 1 fully saturated rings. The van der Waals surface area contributed by atoms with Gasteiger partial charge >= 0.3 is 0 Å². The van der Waals surface area contributed by atoms with E-state index < -0.39 is 0 Å². The molecule has 3 rings (SSSR count). The second kappa shape index (κ2) is 6.20. The fourth-order valence-electron chi connectivity index (χ4n) is 2.70. The van der Waals surface area contributed by atoms with Gasteiger partial charge in [-0.25, -0.2) is 0 Å². The van der Waals surface area contributed by atoms with Crippen LogP contribution in [-0.2, 0) is 13.0 Å². The Hall–Kier alpha value is -1.32. The van der Waals surface area contributed by atoms with Crippen molar-refractivity contribution in [2.75, 3.05) is 6.54 Å². The molecule has 21 heavy (non-hydrogen) atoms. The summed E-state index contributed by atoms with van der Waals surface area (Å²) in [6.45, 7) is 6.14. The third-order valence-electron chi connectivity index (χ3n) is 4.16. The van der Waals surface area contributed by atoms with Crippen LogP contribution in [0.3, 0.4) is 0 Å². The molecule has 0 amide bonds. The lowest BCUT2D eigenvalue weighted by Crippen LogP contribution is -2.19. The number of halogens is 1. The molecule has 1 aromatic heterocycles. The second-order valence-electron chi connectivity index (χ2n) is 5.91. The van der Waals surface area contributed by atoms with E-state index in [4.69, 9.17) is 16.7 Å². The highest BCUT2D eigenvalue weighted by Crippen LogP contribution is 2.20. The molecule has 3 nitrogen and oxygen atoms in total. The SMILES string of the molecule is Cc1nn(Cc2ccc(Cl)cc2)c(C)c1CCNC1CC1. The van der Waals surface area contributed by atoms with Gasteiger partial charge < -0.3 is 5.32 Å². The Labute approximate surface area is 131 Å². The predicted molar refractivity (Wildman–Crippen MR) is 87.0 cm³/mol. The van der Waals surface area contributed by atoms with Crippen molar-refractivity contribution in [2.24, 2.45) is 0 Å². The molecule has 1 aliphatic rings. The molecule has 4 heteroatoms. The highest BCUT2D eigenvalue weighted by Gasteiger charge is 2.20. The third kappa shape index (κ3) is 3.66. The summed E-state index contributed by atoms with van der Waals surface area (Å²) in [6.07, 6.45) is 3.75. The molecular weight excluding hydrogens is 282 g/mol. The van der Waals surface area contributed by atoms with Crippen molar-refractivity contribution in [1.82, 2.24) is 15.1 Å². The summed E-state index contributed by atoms with van der Waals surface area (Å²) in [5, 5.41) is 9.05. The van der Waals surface area contributed by atoms with E-state index in [1.165, 1.54) is 29.7 Å². The number of hydrogen-bond donors (Lipinski definition) is 1. The molecule has 1 aliphatic carbocycles. The van der Waals surface area contributed by atoms with E-state index >= 15 is 0 Å². The smallest absolute Gasteiger partial charge is 0.0662 e. The lowest BCUT2D eigenvalue weighted by atomic mass is 10.1. The van der Waals surface area contributed by atoms with Crippen molar-refractivity contribution in [3.05, 3.63) is 51.8 Å². The van der Waals surface area contributed by atoms with E-state index in [0.29, 0.717) is 0 Å². The Morgan fingerprint density at radius 2 is 1.95 bits per heavy atom. The van der Waals surface area contributed by atoms with Crippen LogP contribution in [0, 0.1) is 13.8 Å². The monoisotopic (exact) mass is 303 g/mol. The molecule has 0 unspecified atom stereocenters. The number of benzene rings is 1. The maximum Gasteiger partial charge on any atom is 0.0662 e. The van der Waals surface area contributed by atoms with Gasteiger partial charge in [-0.3, -0.25) is 4.68 Å². The minimum absolute atomic E-state index is 0.773. The van der Waals surface area contributed by atoms with Crippen LogP contribution in [0.15, 0.2) is 24.3 Å². The third-order valence-corrected chi connectivity index (χ3v) is 4.41. The molecule has 1 saturated carbocycles. The van der Waals surface area contributed by atoms with Crippen molar-refractivity contribution < 1.29 is 0 Å². The standard InChI is InChI=1S/C17H22ClN3/c1-12-17(9-10-19-16-7-8-16)13(2)21(20-12)11-14-3-5-15(18)6-4-14/h3-6,16,19H,7-11H2,1-2H3. The second-order valence-corrected chi connectivity index (χ2v) is 6.35. The number of aromatic nitrogens is 2. The minimum atomic E-state index is 0.773. The van der Waals surface area contributed by atoms with Gasteiger partial charge in [-0.05, 0) is 62.9 Å². The van der Waals surface area contributed by atoms with Gasteiger partial charge in [-0.1, -0.05) is 23.7 Å². The van der Waals surface area contributed by atoms with E-state index in [1.807, 2.05) is 12.1 Å². The maximum absolute atomic E-state index is 5.93. The molecule has 2 aromatic rings. The zero-order chi connectivity index (χ0) is 14.8. The predicted octanol–water partition coefficient (Wildman–Crippen LogP) is 3.50. The summed E-state index contributed by atoms with van der Waals surface area (Å²) in [4.78, 5) is 0. The molecule has 1 aromatic carbocycles. The summed E-state index contributed by atoms with van der Waals surface area (Å²) in [5.74, 6) is 0. The van der Waals surface area contributed by atoms with Gasteiger partial charge in [-0.15, -0.1) is 0 Å². The number of nitrogens with zero attached hydrogens (tertiary/aromatic N) is 2. The van der Waals surface area contributed by atoms with E-state index in [2.05, 4.69) is 36.0 Å². The summed E-state index contributed by atoms with van der Waals surface area (Å²) in [5.41, 5.74) is 5.05. The molecule has 1 heterocycles. The highest BCUT2D eigenvalue weighted by atomic mass is 35.5. The van der Waals surface area contributed by atoms with Crippen molar-refractivity contribution in [3.63, 3.8) is 0 Å². The zero-order valence-corrected chi connectivity index (χ0v) is 13.5. The minimum Gasteiger partial charge on any atom is -0.314 e. The fourth-order valence-corrected chi connectivity index (χ4v) is 2.83. The number of aryl methyl sites for hydroxylation is 1. The van der Waals surface area contributed by atoms with Gasteiger partial charge in [0.15, 0.2) is 0 Å². The average molecular weight is 304 g/mol. The van der Waals surface area contributed by atoms with Crippen LogP contribution in [-0.4, -0.2) is 22.4 Å². The van der Waals surface area contributed by atoms with Crippen molar-refractivity contribution >= 4 is 11.6 Å². The molecule has 0 saturated heterocycles. The summed E-state index contributed by atoms with van der Waals surface area (Å²) in [6, 6.07) is 8.77. The molecule has 1 N–H and O–H groups in total. The van der Waals surface area contributed by atoms with Crippen LogP contribution in [0.1, 0.15) is 35.4 Å². The van der Waals surface area contributed by atoms with Crippen LogP contribution in [0.2, 0.25) is 5.02 Å². The van der Waals surface area contributed by atoms with Crippen molar-refractivity contribution in [3.8, 4) is 0 Å².